The van der Waals surface area contributed by atoms with Gasteiger partial charge in [-0.15, -0.1) is 0 Å². The molecule has 0 atom stereocenters. The number of carbonyl (C=O) groups is 1. The van der Waals surface area contributed by atoms with Crippen molar-refractivity contribution in [1.82, 2.24) is 0 Å². The lowest BCUT2D eigenvalue weighted by Gasteiger charge is -2.11. The summed E-state index contributed by atoms with van der Waals surface area (Å²) in [6.45, 7) is 8.88. The third-order valence-corrected chi connectivity index (χ3v) is 5.19. The first kappa shape index (κ1) is 19.4. The average molecular weight is 358 g/mol. The summed E-state index contributed by atoms with van der Waals surface area (Å²) in [5.74, 6) is 2.38. The van der Waals surface area contributed by atoms with Crippen molar-refractivity contribution in [2.45, 2.75) is 34.1 Å². The van der Waals surface area contributed by atoms with E-state index in [1.807, 2.05) is 19.1 Å². The molecule has 2 rings (SSSR count). The molecule has 0 aromatic heterocycles. The molecule has 25 heavy (non-hydrogen) atoms. The van der Waals surface area contributed by atoms with E-state index in [1.165, 1.54) is 11.1 Å². The second-order valence-corrected chi connectivity index (χ2v) is 7.42. The number of ether oxygens (including phenoxy) is 1. The van der Waals surface area contributed by atoms with Gasteiger partial charge in [0.15, 0.2) is 0 Å². The number of anilines is 1. The smallest absolute Gasteiger partial charge is 0.234 e. The van der Waals surface area contributed by atoms with Gasteiger partial charge < -0.3 is 10.1 Å². The molecule has 2 aromatic rings. The molecule has 0 heterocycles. The molecule has 0 aliphatic rings. The summed E-state index contributed by atoms with van der Waals surface area (Å²) in [5.41, 5.74) is 5.59. The predicted molar refractivity (Wildman–Crippen MR) is 108 cm³/mol. The summed E-state index contributed by atoms with van der Waals surface area (Å²) in [7, 11) is 0. The van der Waals surface area contributed by atoms with Crippen LogP contribution in [0.25, 0.3) is 0 Å². The highest BCUT2D eigenvalue weighted by Crippen LogP contribution is 2.20. The SMILES string of the molecule is Cc1ccc(C)c(OCCCSCC(=O)Nc2cccc(C)c2C)c1. The fourth-order valence-electron chi connectivity index (χ4n) is 2.44. The maximum Gasteiger partial charge on any atom is 0.234 e. The van der Waals surface area contributed by atoms with E-state index in [9.17, 15) is 4.79 Å². The lowest BCUT2D eigenvalue weighted by Crippen LogP contribution is -2.15. The Kier molecular flexibility index (Phi) is 7.38. The Labute approximate surface area is 155 Å². The number of thioether (sulfide) groups is 1. The van der Waals surface area contributed by atoms with Gasteiger partial charge in [-0.2, -0.15) is 11.8 Å². The zero-order valence-electron chi connectivity index (χ0n) is 15.5. The largest absolute Gasteiger partial charge is 0.493 e. The van der Waals surface area contributed by atoms with Gasteiger partial charge in [-0.25, -0.2) is 0 Å². The molecular weight excluding hydrogens is 330 g/mol. The highest BCUT2D eigenvalue weighted by Gasteiger charge is 2.06. The van der Waals surface area contributed by atoms with Crippen molar-refractivity contribution in [2.24, 2.45) is 0 Å². The molecule has 0 spiro atoms. The number of amides is 1. The number of hydrogen-bond donors (Lipinski definition) is 1. The lowest BCUT2D eigenvalue weighted by atomic mass is 10.1. The van der Waals surface area contributed by atoms with Crippen LogP contribution in [0.1, 0.15) is 28.7 Å². The van der Waals surface area contributed by atoms with Crippen LogP contribution >= 0.6 is 11.8 Å². The highest BCUT2D eigenvalue weighted by molar-refractivity contribution is 7.99. The van der Waals surface area contributed by atoms with Gasteiger partial charge >= 0.3 is 0 Å². The first-order valence-electron chi connectivity index (χ1n) is 8.61. The van der Waals surface area contributed by atoms with Gasteiger partial charge in [0.2, 0.25) is 5.91 Å². The maximum absolute atomic E-state index is 12.0. The van der Waals surface area contributed by atoms with Crippen molar-refractivity contribution >= 4 is 23.4 Å². The molecule has 0 aliphatic heterocycles. The lowest BCUT2D eigenvalue weighted by molar-refractivity contribution is -0.113. The van der Waals surface area contributed by atoms with E-state index in [0.29, 0.717) is 12.4 Å². The predicted octanol–water partition coefficient (Wildman–Crippen LogP) is 5.06. The minimum Gasteiger partial charge on any atom is -0.493 e. The molecular formula is C21H27NO2S. The van der Waals surface area contributed by atoms with Gasteiger partial charge in [-0.3, -0.25) is 4.79 Å². The molecule has 1 amide bonds. The fourth-order valence-corrected chi connectivity index (χ4v) is 3.17. The van der Waals surface area contributed by atoms with E-state index in [4.69, 9.17) is 4.74 Å². The van der Waals surface area contributed by atoms with E-state index in [-0.39, 0.29) is 5.91 Å². The van der Waals surface area contributed by atoms with Crippen LogP contribution in [0.15, 0.2) is 36.4 Å². The Morgan fingerprint density at radius 1 is 1.08 bits per heavy atom. The number of carbonyl (C=O) groups excluding carboxylic acids is 1. The topological polar surface area (TPSA) is 38.3 Å². The first-order valence-corrected chi connectivity index (χ1v) is 9.76. The van der Waals surface area contributed by atoms with E-state index >= 15 is 0 Å². The van der Waals surface area contributed by atoms with Crippen molar-refractivity contribution in [2.75, 3.05) is 23.4 Å². The van der Waals surface area contributed by atoms with Crippen LogP contribution in [0.4, 0.5) is 5.69 Å². The monoisotopic (exact) mass is 357 g/mol. The highest BCUT2D eigenvalue weighted by atomic mass is 32.2. The van der Waals surface area contributed by atoms with Crippen LogP contribution in [0, 0.1) is 27.7 Å². The number of nitrogens with one attached hydrogen (secondary N) is 1. The molecule has 1 N–H and O–H groups in total. The van der Waals surface area contributed by atoms with Crippen LogP contribution in [0.3, 0.4) is 0 Å². The summed E-state index contributed by atoms with van der Waals surface area (Å²) >= 11 is 1.64. The van der Waals surface area contributed by atoms with Gasteiger partial charge in [0.1, 0.15) is 5.75 Å². The summed E-state index contributed by atoms with van der Waals surface area (Å²) in [4.78, 5) is 12.0. The summed E-state index contributed by atoms with van der Waals surface area (Å²) in [6.07, 6.45) is 0.925. The van der Waals surface area contributed by atoms with Crippen molar-refractivity contribution in [1.29, 1.82) is 0 Å². The standard InChI is InChI=1S/C21H27NO2S/c1-15-9-10-17(3)20(13-15)24-11-6-12-25-14-21(23)22-19-8-5-7-16(2)18(19)4/h5,7-10,13H,6,11-12,14H2,1-4H3,(H,22,23). The molecule has 0 saturated heterocycles. The third-order valence-electron chi connectivity index (χ3n) is 4.15. The molecule has 2 aromatic carbocycles. The molecule has 0 unspecified atom stereocenters. The van der Waals surface area contributed by atoms with Gasteiger partial charge in [-0.05, 0) is 74.3 Å². The Balaban J connectivity index is 1.65. The van der Waals surface area contributed by atoms with Gasteiger partial charge in [0.25, 0.3) is 0 Å². The van der Waals surface area contributed by atoms with Gasteiger partial charge in [-0.1, -0.05) is 24.3 Å². The van der Waals surface area contributed by atoms with Crippen molar-refractivity contribution < 1.29 is 9.53 Å². The first-order chi connectivity index (χ1) is 12.0. The summed E-state index contributed by atoms with van der Waals surface area (Å²) in [5, 5.41) is 2.99. The van der Waals surface area contributed by atoms with E-state index < -0.39 is 0 Å². The van der Waals surface area contributed by atoms with Crippen LogP contribution in [0.2, 0.25) is 0 Å². The molecule has 0 aliphatic carbocycles. The maximum atomic E-state index is 12.0. The summed E-state index contributed by atoms with van der Waals surface area (Å²) in [6, 6.07) is 12.2. The quantitative estimate of drug-likeness (QED) is 0.671. The van der Waals surface area contributed by atoms with Gasteiger partial charge in [0, 0.05) is 5.69 Å². The fraction of sp³-hybridized carbons (Fsp3) is 0.381. The zero-order chi connectivity index (χ0) is 18.2. The molecule has 0 radical (unpaired) electrons. The zero-order valence-corrected chi connectivity index (χ0v) is 16.3. The number of rotatable bonds is 8. The third kappa shape index (κ3) is 6.13. The molecule has 0 bridgehead atoms. The second-order valence-electron chi connectivity index (χ2n) is 6.32. The Hall–Kier alpha value is -1.94. The Morgan fingerprint density at radius 2 is 1.88 bits per heavy atom. The van der Waals surface area contributed by atoms with Crippen molar-refractivity contribution in [3.63, 3.8) is 0 Å². The molecule has 4 heteroatoms. The number of hydrogen-bond acceptors (Lipinski definition) is 3. The van der Waals surface area contributed by atoms with Crippen LogP contribution in [0.5, 0.6) is 5.75 Å². The average Bonchev–Trinajstić information content (AvgIpc) is 2.58. The molecule has 134 valence electrons. The minimum absolute atomic E-state index is 0.0501. The minimum atomic E-state index is 0.0501. The van der Waals surface area contributed by atoms with Crippen LogP contribution in [-0.2, 0) is 4.79 Å². The van der Waals surface area contributed by atoms with Crippen molar-refractivity contribution in [3.05, 3.63) is 58.7 Å². The van der Waals surface area contributed by atoms with E-state index in [0.717, 1.165) is 34.7 Å². The number of aryl methyl sites for hydroxylation is 3. The Morgan fingerprint density at radius 3 is 2.68 bits per heavy atom. The molecule has 0 saturated carbocycles. The van der Waals surface area contributed by atoms with Crippen LogP contribution in [-0.4, -0.2) is 24.0 Å². The van der Waals surface area contributed by atoms with Gasteiger partial charge in [0.05, 0.1) is 12.4 Å². The van der Waals surface area contributed by atoms with Crippen molar-refractivity contribution in [3.8, 4) is 5.75 Å². The van der Waals surface area contributed by atoms with Crippen LogP contribution < -0.4 is 10.1 Å². The van der Waals surface area contributed by atoms with E-state index in [1.54, 1.807) is 11.8 Å². The second kappa shape index (κ2) is 9.52. The molecule has 0 fully saturated rings. The number of benzene rings is 2. The summed E-state index contributed by atoms with van der Waals surface area (Å²) < 4.78 is 5.84. The van der Waals surface area contributed by atoms with E-state index in [2.05, 4.69) is 50.4 Å². The normalized spacial score (nSPS) is 10.6. The Bertz CT molecular complexity index is 728. The molecule has 3 nitrogen and oxygen atoms in total.